The lowest BCUT2D eigenvalue weighted by Gasteiger charge is -2.34. The fourth-order valence-electron chi connectivity index (χ4n) is 4.24. The molecule has 0 radical (unpaired) electrons. The smallest absolute Gasteiger partial charge is 0.229 e. The van der Waals surface area contributed by atoms with E-state index in [1.807, 2.05) is 38.1 Å². The molecule has 0 saturated heterocycles. The van der Waals surface area contributed by atoms with Gasteiger partial charge < -0.3 is 15.0 Å². The number of nitrogens with zero attached hydrogens (tertiary/aromatic N) is 5. The standard InChI is InChI=1S/C23H24F2N6O/c1-13(2)31-4-5-32-22-17(24)6-14(7-19(22)31)21-18(25)10-27-23(29-21)28-20-8-15-11-30(3)12-16(15)9-26-20/h6-10,13H,4-5,11-12H2,1-3H3,(H,26,27,28,29). The quantitative estimate of drug-likeness (QED) is 0.658. The minimum atomic E-state index is -0.633. The lowest BCUT2D eigenvalue weighted by Crippen LogP contribution is -2.38. The largest absolute Gasteiger partial charge is 0.486 e. The third-order valence-electron chi connectivity index (χ3n) is 5.76. The number of hydrogen-bond acceptors (Lipinski definition) is 7. The van der Waals surface area contributed by atoms with Crippen molar-refractivity contribution in [2.24, 2.45) is 0 Å². The molecule has 0 bridgehead atoms. The Morgan fingerprint density at radius 1 is 1.03 bits per heavy atom. The zero-order chi connectivity index (χ0) is 22.4. The number of hydrogen-bond donors (Lipinski definition) is 1. The molecule has 0 aliphatic carbocycles. The first-order valence-corrected chi connectivity index (χ1v) is 10.6. The number of benzene rings is 1. The predicted molar refractivity (Wildman–Crippen MR) is 118 cm³/mol. The Morgan fingerprint density at radius 3 is 2.66 bits per heavy atom. The number of rotatable bonds is 4. The van der Waals surface area contributed by atoms with Crippen molar-refractivity contribution in [1.29, 1.82) is 0 Å². The van der Waals surface area contributed by atoms with Gasteiger partial charge in [-0.1, -0.05) is 0 Å². The summed E-state index contributed by atoms with van der Waals surface area (Å²) in [7, 11) is 2.05. The summed E-state index contributed by atoms with van der Waals surface area (Å²) in [6, 6.07) is 5.06. The summed E-state index contributed by atoms with van der Waals surface area (Å²) in [6.45, 7) is 6.78. The van der Waals surface area contributed by atoms with E-state index >= 15 is 0 Å². The van der Waals surface area contributed by atoms with E-state index in [1.165, 1.54) is 17.2 Å². The summed E-state index contributed by atoms with van der Waals surface area (Å²) in [5.74, 6) is -0.220. The van der Waals surface area contributed by atoms with Crippen LogP contribution in [0, 0.1) is 11.6 Å². The van der Waals surface area contributed by atoms with Crippen LogP contribution in [-0.2, 0) is 13.1 Å². The number of pyridine rings is 1. The molecule has 166 valence electrons. The maximum atomic E-state index is 14.8. The minimum absolute atomic E-state index is 0.0133. The number of halogens is 2. The molecule has 7 nitrogen and oxygen atoms in total. The van der Waals surface area contributed by atoms with Crippen LogP contribution < -0.4 is 15.0 Å². The Bertz CT molecular complexity index is 1190. The van der Waals surface area contributed by atoms with Gasteiger partial charge in [0.2, 0.25) is 5.95 Å². The zero-order valence-corrected chi connectivity index (χ0v) is 18.2. The van der Waals surface area contributed by atoms with Crippen molar-refractivity contribution in [2.75, 3.05) is 30.4 Å². The molecule has 2 aliphatic rings. The van der Waals surface area contributed by atoms with Gasteiger partial charge in [-0.15, -0.1) is 0 Å². The van der Waals surface area contributed by atoms with Crippen LogP contribution in [0.4, 0.5) is 26.2 Å². The van der Waals surface area contributed by atoms with Gasteiger partial charge in [0.1, 0.15) is 18.1 Å². The highest BCUT2D eigenvalue weighted by Crippen LogP contribution is 2.39. The van der Waals surface area contributed by atoms with E-state index in [2.05, 4.69) is 25.2 Å². The summed E-state index contributed by atoms with van der Waals surface area (Å²) in [5.41, 5.74) is 3.29. The summed E-state index contributed by atoms with van der Waals surface area (Å²) in [6.07, 6.45) is 2.91. The molecule has 0 saturated carbocycles. The van der Waals surface area contributed by atoms with Crippen LogP contribution in [0.15, 0.2) is 30.6 Å². The van der Waals surface area contributed by atoms with E-state index < -0.39 is 11.6 Å². The Hall–Kier alpha value is -3.33. The molecule has 2 aromatic heterocycles. The number of aromatic nitrogens is 3. The highest BCUT2D eigenvalue weighted by Gasteiger charge is 2.26. The van der Waals surface area contributed by atoms with Gasteiger partial charge in [-0.25, -0.2) is 23.7 Å². The van der Waals surface area contributed by atoms with E-state index in [4.69, 9.17) is 4.74 Å². The van der Waals surface area contributed by atoms with Gasteiger partial charge >= 0.3 is 0 Å². The monoisotopic (exact) mass is 438 g/mol. The zero-order valence-electron chi connectivity index (χ0n) is 18.2. The lowest BCUT2D eigenvalue weighted by molar-refractivity contribution is 0.287. The Balaban J connectivity index is 1.49. The van der Waals surface area contributed by atoms with Crippen LogP contribution in [-0.4, -0.2) is 46.1 Å². The fraction of sp³-hybridized carbons (Fsp3) is 0.348. The fourth-order valence-corrected chi connectivity index (χ4v) is 4.24. The van der Waals surface area contributed by atoms with Crippen LogP contribution >= 0.6 is 0 Å². The van der Waals surface area contributed by atoms with Crippen molar-refractivity contribution in [2.45, 2.75) is 33.0 Å². The normalized spacial score (nSPS) is 15.5. The van der Waals surface area contributed by atoms with Crippen LogP contribution in [0.3, 0.4) is 0 Å². The molecular formula is C23H24F2N6O. The SMILES string of the molecule is CC(C)N1CCOc2c(F)cc(-c3nc(Nc4cc5c(cn4)CN(C)C5)ncc3F)cc21. The predicted octanol–water partition coefficient (Wildman–Crippen LogP) is 4.11. The first kappa shape index (κ1) is 20.6. The lowest BCUT2D eigenvalue weighted by atomic mass is 10.1. The van der Waals surface area contributed by atoms with Crippen molar-refractivity contribution >= 4 is 17.5 Å². The van der Waals surface area contributed by atoms with E-state index in [-0.39, 0.29) is 23.4 Å². The van der Waals surface area contributed by atoms with Crippen LogP contribution in [0.5, 0.6) is 5.75 Å². The van der Waals surface area contributed by atoms with Crippen molar-refractivity contribution in [1.82, 2.24) is 19.9 Å². The number of nitrogens with one attached hydrogen (secondary N) is 1. The number of anilines is 3. The molecule has 32 heavy (non-hydrogen) atoms. The minimum Gasteiger partial charge on any atom is -0.486 e. The van der Waals surface area contributed by atoms with Gasteiger partial charge in [0.15, 0.2) is 17.4 Å². The molecule has 0 unspecified atom stereocenters. The molecule has 3 aromatic rings. The summed E-state index contributed by atoms with van der Waals surface area (Å²) >= 11 is 0. The molecule has 0 atom stereocenters. The van der Waals surface area contributed by atoms with Gasteiger partial charge in [0.05, 0.1) is 18.4 Å². The van der Waals surface area contributed by atoms with E-state index in [0.29, 0.717) is 30.2 Å². The average Bonchev–Trinajstić information content (AvgIpc) is 3.14. The highest BCUT2D eigenvalue weighted by molar-refractivity contribution is 5.73. The summed E-state index contributed by atoms with van der Waals surface area (Å²) in [4.78, 5) is 17.0. The van der Waals surface area contributed by atoms with Crippen molar-refractivity contribution in [3.05, 3.63) is 53.4 Å². The van der Waals surface area contributed by atoms with Crippen molar-refractivity contribution < 1.29 is 13.5 Å². The first-order valence-electron chi connectivity index (χ1n) is 10.6. The van der Waals surface area contributed by atoms with Gasteiger partial charge in [-0.3, -0.25) is 4.90 Å². The van der Waals surface area contributed by atoms with Crippen LogP contribution in [0.25, 0.3) is 11.3 Å². The highest BCUT2D eigenvalue weighted by atomic mass is 19.1. The Morgan fingerprint density at radius 2 is 1.84 bits per heavy atom. The van der Waals surface area contributed by atoms with Crippen LogP contribution in [0.2, 0.25) is 0 Å². The van der Waals surface area contributed by atoms with Crippen LogP contribution in [0.1, 0.15) is 25.0 Å². The summed E-state index contributed by atoms with van der Waals surface area (Å²) < 4.78 is 35.1. The molecule has 0 spiro atoms. The molecular weight excluding hydrogens is 414 g/mol. The van der Waals surface area contributed by atoms with E-state index in [0.717, 1.165) is 19.3 Å². The second kappa shape index (κ2) is 7.98. The second-order valence-corrected chi connectivity index (χ2v) is 8.47. The van der Waals surface area contributed by atoms with Gasteiger partial charge in [-0.2, -0.15) is 0 Å². The van der Waals surface area contributed by atoms with Crippen molar-refractivity contribution in [3.8, 4) is 17.0 Å². The molecule has 9 heteroatoms. The third-order valence-corrected chi connectivity index (χ3v) is 5.76. The molecule has 0 amide bonds. The molecule has 1 aromatic carbocycles. The Kier molecular flexibility index (Phi) is 5.13. The van der Waals surface area contributed by atoms with E-state index in [9.17, 15) is 8.78 Å². The molecule has 5 rings (SSSR count). The maximum Gasteiger partial charge on any atom is 0.229 e. The average molecular weight is 438 g/mol. The molecule has 2 aliphatic heterocycles. The molecule has 1 N–H and O–H groups in total. The number of ether oxygens (including phenoxy) is 1. The molecule has 0 fully saturated rings. The summed E-state index contributed by atoms with van der Waals surface area (Å²) in [5, 5.41) is 3.04. The number of fused-ring (bicyclic) bond motifs is 2. The van der Waals surface area contributed by atoms with Gasteiger partial charge in [0, 0.05) is 30.9 Å². The topological polar surface area (TPSA) is 66.4 Å². The Labute approximate surface area is 185 Å². The van der Waals surface area contributed by atoms with Gasteiger partial charge in [0.25, 0.3) is 0 Å². The molecule has 4 heterocycles. The maximum absolute atomic E-state index is 14.8. The van der Waals surface area contributed by atoms with Gasteiger partial charge in [-0.05, 0) is 50.2 Å². The second-order valence-electron chi connectivity index (χ2n) is 8.47. The van der Waals surface area contributed by atoms with Crippen molar-refractivity contribution in [3.63, 3.8) is 0 Å². The third kappa shape index (κ3) is 3.73. The first-order chi connectivity index (χ1) is 15.4. The van der Waals surface area contributed by atoms with E-state index in [1.54, 1.807) is 6.07 Å².